The summed E-state index contributed by atoms with van der Waals surface area (Å²) in [5, 5.41) is 10.2. The molecule has 2 unspecified atom stereocenters. The lowest BCUT2D eigenvalue weighted by Gasteiger charge is -2.24. The summed E-state index contributed by atoms with van der Waals surface area (Å²) in [6.45, 7) is 4.07. The van der Waals surface area contributed by atoms with Crippen molar-refractivity contribution >= 4 is 19.8 Å². The van der Waals surface area contributed by atoms with Gasteiger partial charge in [-0.15, -0.1) is 0 Å². The molecule has 0 spiro atoms. The monoisotopic (exact) mass is 849 g/mol. The molecular weight excluding hydrogens is 765 g/mol. The van der Waals surface area contributed by atoms with E-state index in [0.29, 0.717) is 30.3 Å². The van der Waals surface area contributed by atoms with E-state index in [0.717, 1.165) is 51.4 Å². The van der Waals surface area contributed by atoms with E-state index < -0.39 is 38.6 Å². The van der Waals surface area contributed by atoms with Gasteiger partial charge in [-0.25, -0.2) is 4.57 Å². The van der Waals surface area contributed by atoms with Crippen molar-refractivity contribution < 1.29 is 47.2 Å². The van der Waals surface area contributed by atoms with Crippen LogP contribution in [0.15, 0.2) is 85.1 Å². The molecule has 0 radical (unpaired) electrons. The van der Waals surface area contributed by atoms with Crippen LogP contribution in [0.5, 0.6) is 0 Å². The largest absolute Gasteiger partial charge is 0.472 e. The van der Waals surface area contributed by atoms with Gasteiger partial charge >= 0.3 is 19.8 Å². The third-order valence-electron chi connectivity index (χ3n) is 9.00. The Morgan fingerprint density at radius 3 is 1.83 bits per heavy atom. The van der Waals surface area contributed by atoms with Crippen LogP contribution in [0, 0.1) is 0 Å². The zero-order valence-electron chi connectivity index (χ0n) is 37.6. The minimum Gasteiger partial charge on any atom is -0.462 e. The van der Waals surface area contributed by atoms with Gasteiger partial charge in [0.25, 0.3) is 0 Å². The summed E-state index contributed by atoms with van der Waals surface area (Å²) in [7, 11) is 1.37. The molecule has 0 aliphatic rings. The van der Waals surface area contributed by atoms with Crippen LogP contribution in [0.1, 0.15) is 149 Å². The maximum absolute atomic E-state index is 12.7. The van der Waals surface area contributed by atoms with Crippen LogP contribution in [0.2, 0.25) is 0 Å². The van der Waals surface area contributed by atoms with Gasteiger partial charge in [-0.05, 0) is 70.6 Å². The Morgan fingerprint density at radius 1 is 0.627 bits per heavy atom. The first-order chi connectivity index (χ1) is 28.4. The number of hydrogen-bond acceptors (Lipinski definition) is 8. The number of hydrogen-bond donors (Lipinski definition) is 2. The number of ether oxygens (including phenoxy) is 2. The molecular formula is C48H83NO9P+. The van der Waals surface area contributed by atoms with Crippen molar-refractivity contribution in [1.29, 1.82) is 0 Å². The number of quaternary nitrogens is 1. The van der Waals surface area contributed by atoms with Crippen molar-refractivity contribution in [2.45, 2.75) is 161 Å². The maximum atomic E-state index is 12.7. The third kappa shape index (κ3) is 43.1. The number of esters is 2. The molecule has 0 fully saturated rings. The van der Waals surface area contributed by atoms with Gasteiger partial charge in [0, 0.05) is 12.8 Å². The van der Waals surface area contributed by atoms with Gasteiger partial charge in [-0.3, -0.25) is 18.6 Å². The summed E-state index contributed by atoms with van der Waals surface area (Å²) in [4.78, 5) is 35.4. The lowest BCUT2D eigenvalue weighted by atomic mass is 10.1. The van der Waals surface area contributed by atoms with Gasteiger partial charge in [0.15, 0.2) is 6.10 Å². The number of rotatable bonds is 39. The molecule has 338 valence electrons. The van der Waals surface area contributed by atoms with Crippen molar-refractivity contribution in [2.24, 2.45) is 0 Å². The smallest absolute Gasteiger partial charge is 0.462 e. The Balaban J connectivity index is 4.58. The summed E-state index contributed by atoms with van der Waals surface area (Å²) in [5.41, 5.74) is 0. The maximum Gasteiger partial charge on any atom is 0.472 e. The summed E-state index contributed by atoms with van der Waals surface area (Å²) in [6.07, 6.45) is 46.6. The number of phosphoric acid groups is 1. The SMILES string of the molecule is CC/C=C\C/C=C\C/C=C\C/C=C\C=C/C(O)C/C=C\CCC(=O)OC[C@H](COP(=O)(O)OCC[N+](C)(C)C)OC(=O)CCCCCCCCC/C=C\CCCCCC. The van der Waals surface area contributed by atoms with Gasteiger partial charge in [-0.1, -0.05) is 150 Å². The lowest BCUT2D eigenvalue weighted by Crippen LogP contribution is -2.37. The Hall–Kier alpha value is -2.85. The highest BCUT2D eigenvalue weighted by Crippen LogP contribution is 2.43. The standard InChI is InChI=1S/C48H82NO9P/c1-6-8-10-12-14-16-18-20-21-23-25-27-29-31-35-40-48(52)58-46(44-57-59(53,54)56-42-41-49(3,4)5)43-55-47(51)39-36-32-34-38-45(50)37-33-30-28-26-24-22-19-17-15-13-11-9-7-2/h9,11,15-18,22,24,28,30,32-34,37,45-46,50H,6-8,10,12-14,19-21,23,25-27,29,31,35-36,38-44H2,1-5H3/p+1/b11-9-,17-15-,18-16-,24-22-,30-28-,34-32-,37-33-/t45?,46-/m1/s1. The zero-order valence-corrected chi connectivity index (χ0v) is 38.5. The van der Waals surface area contributed by atoms with E-state index in [4.69, 9.17) is 18.5 Å². The molecule has 0 aliphatic carbocycles. The van der Waals surface area contributed by atoms with E-state index >= 15 is 0 Å². The molecule has 59 heavy (non-hydrogen) atoms. The van der Waals surface area contributed by atoms with Crippen molar-refractivity contribution in [3.8, 4) is 0 Å². The summed E-state index contributed by atoms with van der Waals surface area (Å²) in [5.74, 6) is -0.993. The minimum atomic E-state index is -4.42. The fourth-order valence-electron chi connectivity index (χ4n) is 5.47. The lowest BCUT2D eigenvalue weighted by molar-refractivity contribution is -0.870. The molecule has 3 atom stereocenters. The van der Waals surface area contributed by atoms with Crippen molar-refractivity contribution in [1.82, 2.24) is 0 Å². The van der Waals surface area contributed by atoms with Crippen molar-refractivity contribution in [3.05, 3.63) is 85.1 Å². The van der Waals surface area contributed by atoms with Crippen molar-refractivity contribution in [2.75, 3.05) is 47.5 Å². The fraction of sp³-hybridized carbons (Fsp3) is 0.667. The molecule has 0 rings (SSSR count). The minimum absolute atomic E-state index is 0.000911. The van der Waals surface area contributed by atoms with Crippen LogP contribution < -0.4 is 0 Å². The van der Waals surface area contributed by atoms with Crippen LogP contribution in [0.4, 0.5) is 0 Å². The van der Waals surface area contributed by atoms with E-state index in [2.05, 4.69) is 62.5 Å². The Bertz CT molecular complexity index is 1300. The average Bonchev–Trinajstić information content (AvgIpc) is 3.18. The summed E-state index contributed by atoms with van der Waals surface area (Å²) in [6, 6.07) is 0. The van der Waals surface area contributed by atoms with E-state index in [1.165, 1.54) is 51.4 Å². The molecule has 10 nitrogen and oxygen atoms in total. The number of aliphatic hydroxyl groups excluding tert-OH is 1. The first-order valence-electron chi connectivity index (χ1n) is 22.4. The molecule has 0 aromatic heterocycles. The van der Waals surface area contributed by atoms with Gasteiger partial charge in [0.2, 0.25) is 0 Å². The van der Waals surface area contributed by atoms with Gasteiger partial charge in [0.05, 0.1) is 33.9 Å². The number of allylic oxidation sites excluding steroid dienone is 12. The fourth-order valence-corrected chi connectivity index (χ4v) is 6.21. The predicted octanol–water partition coefficient (Wildman–Crippen LogP) is 11.8. The number of phosphoric ester groups is 1. The van der Waals surface area contributed by atoms with Gasteiger partial charge in [-0.2, -0.15) is 0 Å². The van der Waals surface area contributed by atoms with Crippen molar-refractivity contribution in [3.63, 3.8) is 0 Å². The molecule has 0 aromatic rings. The van der Waals surface area contributed by atoms with Crippen LogP contribution >= 0.6 is 7.82 Å². The zero-order chi connectivity index (χ0) is 43.7. The number of aliphatic hydroxyl groups is 1. The summed E-state index contributed by atoms with van der Waals surface area (Å²) >= 11 is 0. The molecule has 2 N–H and O–H groups in total. The van der Waals surface area contributed by atoms with Gasteiger partial charge < -0.3 is 24.0 Å². The number of unbranched alkanes of at least 4 members (excludes halogenated alkanes) is 11. The molecule has 11 heteroatoms. The van der Waals surface area contributed by atoms with Crippen LogP contribution in [-0.2, 0) is 32.7 Å². The molecule has 0 amide bonds. The number of likely N-dealkylation sites (N-methyl/N-ethyl adjacent to an activating group) is 1. The summed E-state index contributed by atoms with van der Waals surface area (Å²) < 4.78 is 34.1. The highest BCUT2D eigenvalue weighted by molar-refractivity contribution is 7.47. The topological polar surface area (TPSA) is 129 Å². The number of nitrogens with zero attached hydrogens (tertiary/aromatic N) is 1. The molecule has 0 heterocycles. The van der Waals surface area contributed by atoms with Crippen LogP contribution in [0.25, 0.3) is 0 Å². The first-order valence-corrected chi connectivity index (χ1v) is 23.9. The van der Waals surface area contributed by atoms with E-state index in [9.17, 15) is 24.2 Å². The molecule has 0 saturated carbocycles. The highest BCUT2D eigenvalue weighted by atomic mass is 31.2. The molecule has 0 aromatic carbocycles. The van der Waals surface area contributed by atoms with Crippen LogP contribution in [-0.4, -0.2) is 86.1 Å². The Morgan fingerprint density at radius 2 is 1.20 bits per heavy atom. The molecule has 0 aliphatic heterocycles. The first kappa shape index (κ1) is 56.1. The second-order valence-corrected chi connectivity index (χ2v) is 17.3. The van der Waals surface area contributed by atoms with E-state index in [-0.39, 0.29) is 26.1 Å². The predicted molar refractivity (Wildman–Crippen MR) is 244 cm³/mol. The van der Waals surface area contributed by atoms with E-state index in [1.807, 2.05) is 45.4 Å². The second-order valence-electron chi connectivity index (χ2n) is 15.9. The Labute approximate surface area is 359 Å². The number of carbonyl (C=O) groups excluding carboxylic acids is 2. The third-order valence-corrected chi connectivity index (χ3v) is 9.99. The Kier molecular flexibility index (Phi) is 37.4. The van der Waals surface area contributed by atoms with Crippen LogP contribution in [0.3, 0.4) is 0 Å². The molecule has 0 bridgehead atoms. The normalized spacial score (nSPS) is 14.9. The average molecular weight is 849 g/mol. The molecule has 0 saturated heterocycles. The van der Waals surface area contributed by atoms with E-state index in [1.54, 1.807) is 12.2 Å². The highest BCUT2D eigenvalue weighted by Gasteiger charge is 2.27. The number of carbonyl (C=O) groups is 2. The quantitative estimate of drug-likeness (QED) is 0.0155. The van der Waals surface area contributed by atoms with Gasteiger partial charge in [0.1, 0.15) is 19.8 Å². The second kappa shape index (κ2) is 39.3.